The molecule has 124 valence electrons. The zero-order valence-corrected chi connectivity index (χ0v) is 13.4. The number of fused-ring (bicyclic) bond motifs is 1. The van der Waals surface area contributed by atoms with Crippen molar-refractivity contribution in [3.63, 3.8) is 0 Å². The first-order chi connectivity index (χ1) is 10.8. The molecule has 0 saturated heterocycles. The first-order valence-corrected chi connectivity index (χ1v) is 7.32. The monoisotopic (exact) mass is 320 g/mol. The largest absolute Gasteiger partial charge is 0.493 e. The minimum Gasteiger partial charge on any atom is -0.493 e. The van der Waals surface area contributed by atoms with Crippen LogP contribution in [0.25, 0.3) is 11.0 Å². The standard InChI is InChI=1S/C17H20O6/c1-11(18)22-15(17(2,3)20)8-9-21-13-6-4-12-5-7-16(19)23-14(12)10-13/h4-7,10,15,20H,8-9H2,1-3H3/t15-/m1/s1. The Kier molecular flexibility index (Phi) is 5.05. The Morgan fingerprint density at radius 2 is 2.00 bits per heavy atom. The fourth-order valence-electron chi connectivity index (χ4n) is 2.17. The van der Waals surface area contributed by atoms with Crippen LogP contribution in [0, 0.1) is 0 Å². The molecule has 0 saturated carbocycles. The zero-order valence-electron chi connectivity index (χ0n) is 13.4. The van der Waals surface area contributed by atoms with Crippen LogP contribution < -0.4 is 10.4 Å². The van der Waals surface area contributed by atoms with Gasteiger partial charge >= 0.3 is 11.6 Å². The number of hydrogen-bond donors (Lipinski definition) is 1. The van der Waals surface area contributed by atoms with Crippen molar-refractivity contribution < 1.29 is 23.8 Å². The fraction of sp³-hybridized carbons (Fsp3) is 0.412. The van der Waals surface area contributed by atoms with Gasteiger partial charge in [-0.2, -0.15) is 0 Å². The number of carbonyl (C=O) groups is 1. The van der Waals surface area contributed by atoms with Crippen LogP contribution in [-0.4, -0.2) is 29.4 Å². The van der Waals surface area contributed by atoms with E-state index in [1.807, 2.05) is 0 Å². The molecule has 0 aliphatic rings. The molecule has 0 amide bonds. The second-order valence-corrected chi connectivity index (χ2v) is 5.84. The van der Waals surface area contributed by atoms with Gasteiger partial charge < -0.3 is 19.0 Å². The van der Waals surface area contributed by atoms with Crippen molar-refractivity contribution in [1.29, 1.82) is 0 Å². The van der Waals surface area contributed by atoms with E-state index in [2.05, 4.69) is 0 Å². The van der Waals surface area contributed by atoms with E-state index in [4.69, 9.17) is 13.9 Å². The molecule has 1 atom stereocenters. The van der Waals surface area contributed by atoms with Crippen LogP contribution >= 0.6 is 0 Å². The summed E-state index contributed by atoms with van der Waals surface area (Å²) in [6, 6.07) is 8.20. The molecule has 1 heterocycles. The lowest BCUT2D eigenvalue weighted by Gasteiger charge is -2.28. The molecule has 1 aromatic heterocycles. The van der Waals surface area contributed by atoms with Gasteiger partial charge in [-0.1, -0.05) is 0 Å². The smallest absolute Gasteiger partial charge is 0.336 e. The molecule has 6 heteroatoms. The highest BCUT2D eigenvalue weighted by Crippen LogP contribution is 2.21. The Morgan fingerprint density at radius 1 is 1.30 bits per heavy atom. The molecule has 1 N–H and O–H groups in total. The summed E-state index contributed by atoms with van der Waals surface area (Å²) in [6.07, 6.45) is -0.335. The normalized spacial score (nSPS) is 12.9. The third kappa shape index (κ3) is 4.82. The Morgan fingerprint density at radius 3 is 2.65 bits per heavy atom. The van der Waals surface area contributed by atoms with E-state index in [0.717, 1.165) is 5.39 Å². The summed E-state index contributed by atoms with van der Waals surface area (Å²) in [6.45, 7) is 4.69. The lowest BCUT2D eigenvalue weighted by molar-refractivity contribution is -0.160. The van der Waals surface area contributed by atoms with Crippen molar-refractivity contribution in [3.05, 3.63) is 40.8 Å². The molecule has 0 aliphatic carbocycles. The fourth-order valence-corrected chi connectivity index (χ4v) is 2.17. The highest BCUT2D eigenvalue weighted by atomic mass is 16.6. The third-order valence-electron chi connectivity index (χ3n) is 3.34. The van der Waals surface area contributed by atoms with Gasteiger partial charge in [-0.15, -0.1) is 0 Å². The second kappa shape index (κ2) is 6.83. The average molecular weight is 320 g/mol. The molecule has 2 aromatic rings. The molecule has 0 radical (unpaired) electrons. The van der Waals surface area contributed by atoms with Crippen LogP contribution in [0.4, 0.5) is 0 Å². The molecular weight excluding hydrogens is 300 g/mol. The van der Waals surface area contributed by atoms with Gasteiger partial charge in [-0.3, -0.25) is 4.79 Å². The van der Waals surface area contributed by atoms with E-state index in [1.165, 1.54) is 13.0 Å². The number of rotatable bonds is 6. The summed E-state index contributed by atoms with van der Waals surface area (Å²) in [7, 11) is 0. The van der Waals surface area contributed by atoms with Gasteiger partial charge in [0.25, 0.3) is 0 Å². The van der Waals surface area contributed by atoms with Crippen molar-refractivity contribution in [3.8, 4) is 5.75 Å². The van der Waals surface area contributed by atoms with E-state index in [-0.39, 0.29) is 6.61 Å². The summed E-state index contributed by atoms with van der Waals surface area (Å²) in [5.74, 6) is 0.0776. The Labute approximate surface area is 133 Å². The Balaban J connectivity index is 2.02. The predicted octanol–water partition coefficient (Wildman–Crippen LogP) is 2.26. The van der Waals surface area contributed by atoms with Gasteiger partial charge in [0, 0.05) is 30.9 Å². The number of hydrogen-bond acceptors (Lipinski definition) is 6. The molecule has 6 nitrogen and oxygen atoms in total. The molecule has 2 rings (SSSR count). The number of benzene rings is 1. The zero-order chi connectivity index (χ0) is 17.0. The van der Waals surface area contributed by atoms with Crippen LogP contribution in [-0.2, 0) is 9.53 Å². The maximum absolute atomic E-state index is 11.2. The van der Waals surface area contributed by atoms with Gasteiger partial charge in [0.05, 0.1) is 12.2 Å². The highest BCUT2D eigenvalue weighted by molar-refractivity contribution is 5.77. The van der Waals surface area contributed by atoms with Crippen molar-refractivity contribution in [2.24, 2.45) is 0 Å². The Hall–Kier alpha value is -2.34. The molecule has 0 bridgehead atoms. The van der Waals surface area contributed by atoms with Crippen LogP contribution in [0.15, 0.2) is 39.5 Å². The summed E-state index contributed by atoms with van der Waals surface area (Å²) in [5, 5.41) is 10.8. The Bertz CT molecular complexity index is 741. The van der Waals surface area contributed by atoms with Gasteiger partial charge in [0.1, 0.15) is 17.4 Å². The first-order valence-electron chi connectivity index (χ1n) is 7.32. The summed E-state index contributed by atoms with van der Waals surface area (Å²) >= 11 is 0. The number of ether oxygens (including phenoxy) is 2. The topological polar surface area (TPSA) is 86.0 Å². The van der Waals surface area contributed by atoms with Crippen LogP contribution in [0.1, 0.15) is 27.2 Å². The van der Waals surface area contributed by atoms with Gasteiger partial charge in [-0.25, -0.2) is 4.79 Å². The third-order valence-corrected chi connectivity index (χ3v) is 3.34. The van der Waals surface area contributed by atoms with E-state index < -0.39 is 23.3 Å². The summed E-state index contributed by atoms with van der Waals surface area (Å²) < 4.78 is 15.8. The molecule has 23 heavy (non-hydrogen) atoms. The average Bonchev–Trinajstić information content (AvgIpc) is 2.44. The molecule has 0 aliphatic heterocycles. The van der Waals surface area contributed by atoms with Crippen LogP contribution in [0.2, 0.25) is 0 Å². The summed E-state index contributed by atoms with van der Waals surface area (Å²) in [5.41, 5.74) is -1.15. The van der Waals surface area contributed by atoms with Gasteiger partial charge in [0.15, 0.2) is 0 Å². The van der Waals surface area contributed by atoms with Crippen molar-refractivity contribution in [2.75, 3.05) is 6.61 Å². The minimum absolute atomic E-state index is 0.241. The van der Waals surface area contributed by atoms with Gasteiger partial charge in [-0.05, 0) is 32.0 Å². The highest BCUT2D eigenvalue weighted by Gasteiger charge is 2.29. The van der Waals surface area contributed by atoms with Crippen LogP contribution in [0.3, 0.4) is 0 Å². The van der Waals surface area contributed by atoms with E-state index >= 15 is 0 Å². The SMILES string of the molecule is CC(=O)O[C@H](CCOc1ccc2ccc(=O)oc2c1)C(C)(C)O. The van der Waals surface area contributed by atoms with Crippen molar-refractivity contribution in [1.82, 2.24) is 0 Å². The van der Waals surface area contributed by atoms with E-state index in [9.17, 15) is 14.7 Å². The van der Waals surface area contributed by atoms with Crippen LogP contribution in [0.5, 0.6) is 5.75 Å². The van der Waals surface area contributed by atoms with Crippen molar-refractivity contribution >= 4 is 16.9 Å². The van der Waals surface area contributed by atoms with E-state index in [0.29, 0.717) is 17.8 Å². The second-order valence-electron chi connectivity index (χ2n) is 5.84. The maximum atomic E-state index is 11.2. The summed E-state index contributed by atoms with van der Waals surface area (Å²) in [4.78, 5) is 22.3. The number of aliphatic hydroxyl groups is 1. The first kappa shape index (κ1) is 17.0. The predicted molar refractivity (Wildman–Crippen MR) is 84.4 cm³/mol. The molecule has 0 spiro atoms. The molecule has 0 fully saturated rings. The minimum atomic E-state index is -1.16. The lowest BCUT2D eigenvalue weighted by atomic mass is 9.99. The quantitative estimate of drug-likeness (QED) is 0.649. The lowest BCUT2D eigenvalue weighted by Crippen LogP contribution is -2.40. The van der Waals surface area contributed by atoms with Crippen molar-refractivity contribution in [2.45, 2.75) is 38.9 Å². The van der Waals surface area contributed by atoms with Gasteiger partial charge in [0.2, 0.25) is 0 Å². The maximum Gasteiger partial charge on any atom is 0.336 e. The molecule has 0 unspecified atom stereocenters. The number of carbonyl (C=O) groups excluding carboxylic acids is 1. The molecule has 1 aromatic carbocycles. The van der Waals surface area contributed by atoms with E-state index in [1.54, 1.807) is 38.1 Å². The molecular formula is C17H20O6. The number of esters is 1.